The highest BCUT2D eigenvalue weighted by atomic mass is 19.4. The number of aliphatic carboxylic acids is 1. The van der Waals surface area contributed by atoms with E-state index >= 15 is 0 Å². The van der Waals surface area contributed by atoms with Crippen LogP contribution in [0.15, 0.2) is 79.0 Å². The third-order valence-corrected chi connectivity index (χ3v) is 7.09. The summed E-state index contributed by atoms with van der Waals surface area (Å²) in [4.78, 5) is 46.0. The SMILES string of the molecule is CC(=O)N1CCN(c2ccc(CN(C(=O)C=Cc3ccc(C(F)(F)F)nc3)[C@@H](Cc3ccccc3)C(=O)O)cc2)CC1. The first-order valence-corrected chi connectivity index (χ1v) is 13.4. The van der Waals surface area contributed by atoms with Crippen LogP contribution in [0.3, 0.4) is 0 Å². The molecule has 1 N–H and O–H groups in total. The maximum atomic E-state index is 13.4. The van der Waals surface area contributed by atoms with Crippen LogP contribution in [-0.4, -0.2) is 69.9 Å². The van der Waals surface area contributed by atoms with Crippen molar-refractivity contribution < 1.29 is 32.7 Å². The summed E-state index contributed by atoms with van der Waals surface area (Å²) in [6, 6.07) is 17.2. The average Bonchev–Trinajstić information content (AvgIpc) is 2.98. The van der Waals surface area contributed by atoms with Gasteiger partial charge in [-0.2, -0.15) is 13.2 Å². The van der Waals surface area contributed by atoms with E-state index in [9.17, 15) is 32.7 Å². The Hall–Kier alpha value is -4.67. The van der Waals surface area contributed by atoms with E-state index in [2.05, 4.69) is 9.88 Å². The zero-order chi connectivity index (χ0) is 30.3. The van der Waals surface area contributed by atoms with Crippen LogP contribution in [0.25, 0.3) is 6.08 Å². The molecule has 1 atom stereocenters. The molecule has 1 aromatic heterocycles. The first-order valence-electron chi connectivity index (χ1n) is 13.4. The highest BCUT2D eigenvalue weighted by Gasteiger charge is 2.32. The van der Waals surface area contributed by atoms with Gasteiger partial charge in [-0.3, -0.25) is 14.6 Å². The zero-order valence-corrected chi connectivity index (χ0v) is 23.0. The highest BCUT2D eigenvalue weighted by molar-refractivity contribution is 5.94. The molecule has 8 nitrogen and oxygen atoms in total. The molecule has 0 bridgehead atoms. The van der Waals surface area contributed by atoms with E-state index in [0.29, 0.717) is 31.7 Å². The molecule has 1 fully saturated rings. The van der Waals surface area contributed by atoms with E-state index in [4.69, 9.17) is 0 Å². The summed E-state index contributed by atoms with van der Waals surface area (Å²) in [5.74, 6) is -1.75. The molecule has 0 radical (unpaired) electrons. The number of hydrogen-bond acceptors (Lipinski definition) is 5. The van der Waals surface area contributed by atoms with Gasteiger partial charge in [-0.25, -0.2) is 4.79 Å². The van der Waals surface area contributed by atoms with Gasteiger partial charge in [-0.15, -0.1) is 0 Å². The normalized spacial score (nSPS) is 14.6. The summed E-state index contributed by atoms with van der Waals surface area (Å²) >= 11 is 0. The zero-order valence-electron chi connectivity index (χ0n) is 23.0. The molecule has 220 valence electrons. The molecule has 0 spiro atoms. The van der Waals surface area contributed by atoms with Crippen molar-refractivity contribution >= 4 is 29.5 Å². The van der Waals surface area contributed by atoms with Gasteiger partial charge in [-0.05, 0) is 41.0 Å². The lowest BCUT2D eigenvalue weighted by Gasteiger charge is -2.35. The quantitative estimate of drug-likeness (QED) is 0.375. The maximum Gasteiger partial charge on any atom is 0.433 e. The molecule has 1 aliphatic rings. The number of piperazine rings is 1. The van der Waals surface area contributed by atoms with Crippen molar-refractivity contribution in [3.05, 3.63) is 101 Å². The fourth-order valence-electron chi connectivity index (χ4n) is 4.73. The number of benzene rings is 2. The second kappa shape index (κ2) is 13.3. The number of carboxylic acid groups (broad SMARTS) is 1. The van der Waals surface area contributed by atoms with Gasteiger partial charge < -0.3 is 19.8 Å². The number of nitrogens with zero attached hydrogens (tertiary/aromatic N) is 4. The topological polar surface area (TPSA) is 94.1 Å². The van der Waals surface area contributed by atoms with Crippen LogP contribution in [-0.2, 0) is 33.5 Å². The predicted molar refractivity (Wildman–Crippen MR) is 151 cm³/mol. The minimum atomic E-state index is -4.58. The molecule has 11 heteroatoms. The van der Waals surface area contributed by atoms with E-state index < -0.39 is 29.8 Å². The fourth-order valence-corrected chi connectivity index (χ4v) is 4.73. The molecule has 1 aliphatic heterocycles. The number of aromatic nitrogens is 1. The first kappa shape index (κ1) is 30.3. The van der Waals surface area contributed by atoms with E-state index in [1.54, 1.807) is 36.1 Å². The van der Waals surface area contributed by atoms with Crippen molar-refractivity contribution in [2.45, 2.75) is 32.1 Å². The largest absolute Gasteiger partial charge is 0.480 e. The maximum absolute atomic E-state index is 13.4. The number of alkyl halides is 3. The minimum absolute atomic E-state index is 0.00334. The number of hydrogen-bond donors (Lipinski definition) is 1. The van der Waals surface area contributed by atoms with Crippen LogP contribution >= 0.6 is 0 Å². The van der Waals surface area contributed by atoms with E-state index in [-0.39, 0.29) is 24.4 Å². The molecular formula is C31H31F3N4O4. The fraction of sp³-hybridized carbons (Fsp3) is 0.290. The summed E-state index contributed by atoms with van der Waals surface area (Å²) in [6.45, 7) is 4.17. The molecule has 1 saturated heterocycles. The standard InChI is InChI=1S/C31H31F3N4O4/c1-22(39)36-15-17-37(18-16-36)26-11-7-25(8-12-26)21-38(27(30(41)42)19-23-5-3-2-4-6-23)29(40)14-10-24-9-13-28(35-20-24)31(32,33)34/h2-14,20,27H,15-19,21H2,1H3,(H,41,42)/t27-/m0/s1. The Morgan fingerprint density at radius 2 is 1.62 bits per heavy atom. The van der Waals surface area contributed by atoms with E-state index in [1.165, 1.54) is 17.0 Å². The van der Waals surface area contributed by atoms with E-state index in [1.807, 2.05) is 30.3 Å². The van der Waals surface area contributed by atoms with Crippen molar-refractivity contribution in [1.29, 1.82) is 0 Å². The lowest BCUT2D eigenvalue weighted by atomic mass is 10.0. The van der Waals surface area contributed by atoms with Gasteiger partial charge in [0.05, 0.1) is 0 Å². The third kappa shape index (κ3) is 7.96. The molecule has 2 heterocycles. The van der Waals surface area contributed by atoms with Gasteiger partial charge in [0, 0.05) is 64.0 Å². The molecule has 3 aromatic rings. The van der Waals surface area contributed by atoms with Crippen LogP contribution in [0, 0.1) is 0 Å². The second-order valence-electron chi connectivity index (χ2n) is 9.98. The van der Waals surface area contributed by atoms with Crippen molar-refractivity contribution in [1.82, 2.24) is 14.8 Å². The van der Waals surface area contributed by atoms with Gasteiger partial charge in [0.15, 0.2) is 0 Å². The third-order valence-electron chi connectivity index (χ3n) is 7.09. The molecular weight excluding hydrogens is 549 g/mol. The Labute approximate surface area is 241 Å². The Morgan fingerprint density at radius 3 is 2.17 bits per heavy atom. The van der Waals surface area contributed by atoms with Crippen molar-refractivity contribution in [3.63, 3.8) is 0 Å². The highest BCUT2D eigenvalue weighted by Crippen LogP contribution is 2.27. The number of halogens is 3. The van der Waals surface area contributed by atoms with Crippen LogP contribution in [0.1, 0.15) is 29.3 Å². The lowest BCUT2D eigenvalue weighted by molar-refractivity contribution is -0.148. The Morgan fingerprint density at radius 1 is 0.952 bits per heavy atom. The number of amides is 2. The number of carbonyl (C=O) groups excluding carboxylic acids is 2. The van der Waals surface area contributed by atoms with Crippen molar-refractivity contribution in [2.24, 2.45) is 0 Å². The lowest BCUT2D eigenvalue weighted by Crippen LogP contribution is -2.48. The minimum Gasteiger partial charge on any atom is -0.480 e. The van der Waals surface area contributed by atoms with Crippen LogP contribution in [0.5, 0.6) is 0 Å². The summed E-state index contributed by atoms with van der Waals surface area (Å²) in [5, 5.41) is 10.1. The molecule has 4 rings (SSSR count). The van der Waals surface area contributed by atoms with Crippen molar-refractivity contribution in [2.75, 3.05) is 31.1 Å². The van der Waals surface area contributed by atoms with Crippen LogP contribution in [0.4, 0.5) is 18.9 Å². The Bertz CT molecular complexity index is 1400. The van der Waals surface area contributed by atoms with Gasteiger partial charge in [0.1, 0.15) is 11.7 Å². The summed E-state index contributed by atoms with van der Waals surface area (Å²) in [7, 11) is 0. The number of carbonyl (C=O) groups is 3. The van der Waals surface area contributed by atoms with Crippen molar-refractivity contribution in [3.8, 4) is 0 Å². The second-order valence-corrected chi connectivity index (χ2v) is 9.98. The molecule has 0 unspecified atom stereocenters. The number of pyridine rings is 1. The van der Waals surface area contributed by atoms with Gasteiger partial charge >= 0.3 is 12.1 Å². The van der Waals surface area contributed by atoms with Crippen LogP contribution in [0.2, 0.25) is 0 Å². The number of rotatable bonds is 9. The monoisotopic (exact) mass is 580 g/mol. The summed E-state index contributed by atoms with van der Waals surface area (Å²) < 4.78 is 38.6. The first-order chi connectivity index (χ1) is 20.0. The Balaban J connectivity index is 1.54. The number of anilines is 1. The van der Waals surface area contributed by atoms with Gasteiger partial charge in [0.2, 0.25) is 11.8 Å². The molecule has 2 amide bonds. The van der Waals surface area contributed by atoms with Gasteiger partial charge in [0.25, 0.3) is 0 Å². The number of carboxylic acids is 1. The smallest absolute Gasteiger partial charge is 0.433 e. The predicted octanol–water partition coefficient (Wildman–Crippen LogP) is 4.51. The molecule has 0 aliphatic carbocycles. The molecule has 42 heavy (non-hydrogen) atoms. The van der Waals surface area contributed by atoms with Crippen LogP contribution < -0.4 is 4.90 Å². The summed E-state index contributed by atoms with van der Waals surface area (Å²) in [6.07, 6.45) is -1.05. The summed E-state index contributed by atoms with van der Waals surface area (Å²) in [5.41, 5.74) is 1.61. The van der Waals surface area contributed by atoms with E-state index in [0.717, 1.165) is 29.6 Å². The Kier molecular flexibility index (Phi) is 9.61. The van der Waals surface area contributed by atoms with Gasteiger partial charge in [-0.1, -0.05) is 48.5 Å². The average molecular weight is 581 g/mol. The molecule has 2 aromatic carbocycles. The molecule has 0 saturated carbocycles.